The fourth-order valence-corrected chi connectivity index (χ4v) is 5.21. The second-order valence-electron chi connectivity index (χ2n) is 10.7. The summed E-state index contributed by atoms with van der Waals surface area (Å²) >= 11 is 0. The maximum absolute atomic E-state index is 15.2. The molecule has 39 heavy (non-hydrogen) atoms. The lowest BCUT2D eigenvalue weighted by atomic mass is 9.77. The summed E-state index contributed by atoms with van der Waals surface area (Å²) < 4.78 is 55.5. The van der Waals surface area contributed by atoms with Crippen molar-refractivity contribution in [1.82, 2.24) is 4.98 Å². The first-order chi connectivity index (χ1) is 18.4. The van der Waals surface area contributed by atoms with E-state index in [1.54, 1.807) is 45.0 Å². The minimum absolute atomic E-state index is 0.0510. The van der Waals surface area contributed by atoms with E-state index in [9.17, 15) is 23.2 Å². The average molecular weight is 540 g/mol. The number of nitrogens with zero attached hydrogens (tertiary/aromatic N) is 1. The quantitative estimate of drug-likeness (QED) is 0.205. The second kappa shape index (κ2) is 11.0. The fraction of sp³-hybridized carbons (Fsp3) is 0.419. The lowest BCUT2D eigenvalue weighted by Crippen LogP contribution is -2.38. The number of carbonyl (C=O) groups is 1. The van der Waals surface area contributed by atoms with E-state index in [1.807, 2.05) is 12.1 Å². The van der Waals surface area contributed by atoms with Gasteiger partial charge in [-0.05, 0) is 72.1 Å². The van der Waals surface area contributed by atoms with Crippen molar-refractivity contribution in [1.29, 1.82) is 5.26 Å². The summed E-state index contributed by atoms with van der Waals surface area (Å²) in [6.07, 6.45) is -0.641. The number of halogens is 4. The Balaban J connectivity index is 1.67. The average Bonchev–Trinajstić information content (AvgIpc) is 3.65. The number of nitrogens with two attached hydrogens (primary N) is 1. The van der Waals surface area contributed by atoms with E-state index in [-0.39, 0.29) is 23.4 Å². The molecule has 0 radical (unpaired) electrons. The van der Waals surface area contributed by atoms with Gasteiger partial charge in [-0.2, -0.15) is 18.4 Å². The molecular formula is C31H33F4N3O. The molecule has 1 heterocycles. The molecule has 4 nitrogen and oxygen atoms in total. The highest BCUT2D eigenvalue weighted by Crippen LogP contribution is 2.41. The van der Waals surface area contributed by atoms with E-state index in [0.29, 0.717) is 23.5 Å². The third kappa shape index (κ3) is 5.94. The predicted molar refractivity (Wildman–Crippen MR) is 142 cm³/mol. The second-order valence-corrected chi connectivity index (χ2v) is 10.7. The van der Waals surface area contributed by atoms with E-state index in [4.69, 9.17) is 5.73 Å². The van der Waals surface area contributed by atoms with Gasteiger partial charge >= 0.3 is 6.18 Å². The number of aromatic amines is 1. The zero-order chi connectivity index (χ0) is 28.5. The van der Waals surface area contributed by atoms with Crippen LogP contribution in [0.15, 0.2) is 48.5 Å². The minimum Gasteiger partial charge on any atom is -0.355 e. The van der Waals surface area contributed by atoms with Gasteiger partial charge in [0.2, 0.25) is 0 Å². The monoisotopic (exact) mass is 539 g/mol. The minimum atomic E-state index is -4.58. The third-order valence-corrected chi connectivity index (χ3v) is 8.16. The van der Waals surface area contributed by atoms with Crippen molar-refractivity contribution in [3.05, 3.63) is 93.6 Å². The van der Waals surface area contributed by atoms with Crippen molar-refractivity contribution >= 4 is 5.78 Å². The maximum Gasteiger partial charge on any atom is 0.418 e. The molecular weight excluding hydrogens is 506 g/mol. The number of hydrogen-bond donors (Lipinski definition) is 2. The van der Waals surface area contributed by atoms with Crippen molar-refractivity contribution in [2.24, 2.45) is 17.6 Å². The summed E-state index contributed by atoms with van der Waals surface area (Å²) in [7, 11) is 0. The van der Waals surface area contributed by atoms with Crippen molar-refractivity contribution in [3.8, 4) is 6.07 Å². The first kappa shape index (κ1) is 28.6. The molecule has 1 aliphatic rings. The van der Waals surface area contributed by atoms with E-state index >= 15 is 4.39 Å². The lowest BCUT2D eigenvalue weighted by molar-refractivity contribution is -0.138. The summed E-state index contributed by atoms with van der Waals surface area (Å²) in [5, 5.41) is 9.20. The van der Waals surface area contributed by atoms with Crippen LogP contribution in [0.3, 0.4) is 0 Å². The Morgan fingerprint density at radius 1 is 1.10 bits per heavy atom. The van der Waals surface area contributed by atoms with E-state index in [0.717, 1.165) is 30.9 Å². The predicted octanol–water partition coefficient (Wildman–Crippen LogP) is 7.62. The first-order valence-electron chi connectivity index (χ1n) is 13.3. The third-order valence-electron chi connectivity index (χ3n) is 8.16. The SMILES string of the molecule is CCc1[nH]c(C(=O)C(C)C(C)c2cc(C(N)(CCC3CC3)c3ccc(C#N)cc3)ccc2F)cc1C(F)(F)F. The number of hydrogen-bond acceptors (Lipinski definition) is 3. The molecule has 0 bridgehead atoms. The molecule has 0 aliphatic heterocycles. The summed E-state index contributed by atoms with van der Waals surface area (Å²) in [5.74, 6) is -1.84. The molecule has 4 rings (SSSR count). The Labute approximate surface area is 226 Å². The number of rotatable bonds is 10. The number of aromatic nitrogens is 1. The molecule has 0 amide bonds. The highest BCUT2D eigenvalue weighted by molar-refractivity contribution is 5.97. The van der Waals surface area contributed by atoms with Gasteiger partial charge in [-0.1, -0.05) is 57.9 Å². The number of carbonyl (C=O) groups excluding carboxylic acids is 1. The molecule has 3 N–H and O–H groups in total. The molecule has 1 aliphatic carbocycles. The largest absolute Gasteiger partial charge is 0.418 e. The number of nitrogens with one attached hydrogen (secondary N) is 1. The topological polar surface area (TPSA) is 82.7 Å². The van der Waals surface area contributed by atoms with Crippen LogP contribution in [0.2, 0.25) is 0 Å². The highest BCUT2D eigenvalue weighted by Gasteiger charge is 2.37. The normalized spacial score (nSPS) is 16.8. The van der Waals surface area contributed by atoms with Crippen LogP contribution in [-0.4, -0.2) is 10.8 Å². The van der Waals surface area contributed by atoms with Crippen LogP contribution in [-0.2, 0) is 18.1 Å². The fourth-order valence-electron chi connectivity index (χ4n) is 5.21. The lowest BCUT2D eigenvalue weighted by Gasteiger charge is -2.32. The summed E-state index contributed by atoms with van der Waals surface area (Å²) in [6.45, 7) is 4.88. The van der Waals surface area contributed by atoms with Crippen LogP contribution in [0.1, 0.15) is 96.4 Å². The molecule has 8 heteroatoms. The van der Waals surface area contributed by atoms with Gasteiger partial charge in [0.1, 0.15) is 5.82 Å². The number of aryl methyl sites for hydroxylation is 1. The van der Waals surface area contributed by atoms with Crippen molar-refractivity contribution in [3.63, 3.8) is 0 Å². The van der Waals surface area contributed by atoms with Crippen LogP contribution in [0.25, 0.3) is 0 Å². The Morgan fingerprint density at radius 2 is 1.74 bits per heavy atom. The van der Waals surface area contributed by atoms with Gasteiger partial charge in [-0.3, -0.25) is 4.79 Å². The van der Waals surface area contributed by atoms with Gasteiger partial charge in [0.05, 0.1) is 28.4 Å². The molecule has 3 unspecified atom stereocenters. The van der Waals surface area contributed by atoms with Crippen molar-refractivity contribution < 1.29 is 22.4 Å². The number of ketones is 1. The van der Waals surface area contributed by atoms with Gasteiger partial charge in [0.15, 0.2) is 5.78 Å². The van der Waals surface area contributed by atoms with E-state index in [2.05, 4.69) is 11.1 Å². The van der Waals surface area contributed by atoms with Crippen molar-refractivity contribution in [2.75, 3.05) is 0 Å². The Hall–Kier alpha value is -3.44. The van der Waals surface area contributed by atoms with Gasteiger partial charge < -0.3 is 10.7 Å². The smallest absolute Gasteiger partial charge is 0.355 e. The zero-order valence-electron chi connectivity index (χ0n) is 22.3. The van der Waals surface area contributed by atoms with Gasteiger partial charge in [0.25, 0.3) is 0 Å². The summed E-state index contributed by atoms with van der Waals surface area (Å²) in [5.41, 5.74) is 7.34. The Morgan fingerprint density at radius 3 is 2.28 bits per heavy atom. The zero-order valence-corrected chi connectivity index (χ0v) is 22.3. The van der Waals surface area contributed by atoms with Crippen LogP contribution < -0.4 is 5.73 Å². The molecule has 3 aromatic rings. The maximum atomic E-state index is 15.2. The van der Waals surface area contributed by atoms with E-state index in [1.165, 1.54) is 6.07 Å². The van der Waals surface area contributed by atoms with Gasteiger partial charge in [-0.25, -0.2) is 4.39 Å². The summed E-state index contributed by atoms with van der Waals surface area (Å²) in [4.78, 5) is 15.9. The molecule has 0 spiro atoms. The van der Waals surface area contributed by atoms with Gasteiger partial charge in [0, 0.05) is 11.6 Å². The molecule has 2 aromatic carbocycles. The van der Waals surface area contributed by atoms with Crippen molar-refractivity contribution in [2.45, 2.75) is 70.5 Å². The van der Waals surface area contributed by atoms with Gasteiger partial charge in [-0.15, -0.1) is 0 Å². The molecule has 206 valence electrons. The number of nitriles is 1. The van der Waals surface area contributed by atoms with Crippen LogP contribution in [0.5, 0.6) is 0 Å². The number of alkyl halides is 3. The van der Waals surface area contributed by atoms with E-state index < -0.39 is 40.7 Å². The Kier molecular flexibility index (Phi) is 8.04. The molecule has 1 fully saturated rings. The number of H-pyrrole nitrogens is 1. The standard InChI is InChI=1S/C31H33F4N3O/c1-4-27-25(31(33,34)35)16-28(38-27)29(39)19(3)18(2)24-15-23(11-12-26(24)32)30(37,14-13-20-5-6-20)22-9-7-21(17-36)8-10-22/h7-12,15-16,18-20,38H,4-6,13-14,37H2,1-3H3. The van der Waals surface area contributed by atoms with Crippen LogP contribution in [0, 0.1) is 29.0 Å². The Bertz CT molecular complexity index is 1380. The molecule has 1 saturated carbocycles. The van der Waals surface area contributed by atoms with Crippen LogP contribution in [0.4, 0.5) is 17.6 Å². The molecule has 3 atom stereocenters. The number of Topliss-reactive ketones (excluding diaryl/α,β-unsaturated/α-hetero) is 1. The molecule has 1 aromatic heterocycles. The van der Waals surface area contributed by atoms with Crippen LogP contribution >= 0.6 is 0 Å². The number of benzene rings is 2. The molecule has 0 saturated heterocycles. The summed E-state index contributed by atoms with van der Waals surface area (Å²) in [6, 6.07) is 14.7. The highest BCUT2D eigenvalue weighted by atomic mass is 19.4. The first-order valence-corrected chi connectivity index (χ1v) is 13.3.